The second-order valence-electron chi connectivity index (χ2n) is 4.03. The topological polar surface area (TPSA) is 26.0 Å². The first kappa shape index (κ1) is 17.5. The Balaban J connectivity index is 0.000000667. The fraction of sp³-hybridized carbons (Fsp3) is 0. The second kappa shape index (κ2) is 6.91. The molecular weight excluding hydrogens is 503 g/mol. The van der Waals surface area contributed by atoms with E-state index in [4.69, 9.17) is 4.42 Å². The van der Waals surface area contributed by atoms with Crippen LogP contribution in [0.4, 0.5) is 0 Å². The van der Waals surface area contributed by atoms with Crippen molar-refractivity contribution in [3.8, 4) is 0 Å². The second-order valence-corrected chi connectivity index (χ2v) is 4.03. The van der Waals surface area contributed by atoms with Crippen LogP contribution < -0.4 is 0 Å². The van der Waals surface area contributed by atoms with Crippen LogP contribution in [-0.2, 0) is 52.8 Å². The smallest absolute Gasteiger partial charge is 0.171 e. The standard InChI is InChI=1S/C15H8NO.CH3.Ir.Y/c1-3-7-12-10(5-1)11-6-2-4-8-13(11)15-14(12)16-9-17-15;;;/h1-6,8-9H;1H3;;/q2*-1;;. The van der Waals surface area contributed by atoms with Crippen molar-refractivity contribution < 1.29 is 57.2 Å². The fourth-order valence-corrected chi connectivity index (χ4v) is 2.39. The van der Waals surface area contributed by atoms with Crippen molar-refractivity contribution in [2.45, 2.75) is 0 Å². The van der Waals surface area contributed by atoms with Gasteiger partial charge in [0.1, 0.15) is 5.58 Å². The van der Waals surface area contributed by atoms with Gasteiger partial charge in [-0.25, -0.2) is 0 Å². The van der Waals surface area contributed by atoms with Gasteiger partial charge in [0.05, 0.1) is 0 Å². The minimum absolute atomic E-state index is 0. The molecule has 20 heavy (non-hydrogen) atoms. The normalized spacial score (nSPS) is 9.80. The summed E-state index contributed by atoms with van der Waals surface area (Å²) in [7, 11) is 0. The Labute approximate surface area is 156 Å². The molecule has 0 fully saturated rings. The van der Waals surface area contributed by atoms with Gasteiger partial charge in [0.2, 0.25) is 0 Å². The SMILES string of the molecule is [CH3-].[Ir].[Y].[c-]1cccc2c1c1ncoc1c1ccccc21. The molecular formula is C16H11IrNOY-2. The molecule has 4 aromatic rings. The van der Waals surface area contributed by atoms with E-state index in [9.17, 15) is 0 Å². The molecule has 0 aliphatic carbocycles. The zero-order valence-electron chi connectivity index (χ0n) is 10.9. The average Bonchev–Trinajstić information content (AvgIpc) is 2.89. The van der Waals surface area contributed by atoms with Gasteiger partial charge < -0.3 is 11.8 Å². The maximum absolute atomic E-state index is 5.51. The van der Waals surface area contributed by atoms with Gasteiger partial charge in [-0.1, -0.05) is 35.0 Å². The molecule has 0 bridgehead atoms. The molecule has 1 heterocycles. The summed E-state index contributed by atoms with van der Waals surface area (Å²) in [5.74, 6) is 0. The van der Waals surface area contributed by atoms with Crippen LogP contribution in [0.5, 0.6) is 0 Å². The summed E-state index contributed by atoms with van der Waals surface area (Å²) >= 11 is 0. The summed E-state index contributed by atoms with van der Waals surface area (Å²) in [6, 6.07) is 17.5. The molecule has 0 atom stereocenters. The van der Waals surface area contributed by atoms with E-state index in [1.165, 1.54) is 17.2 Å². The Morgan fingerprint density at radius 3 is 2.45 bits per heavy atom. The molecule has 0 N–H and O–H groups in total. The van der Waals surface area contributed by atoms with E-state index in [1.807, 2.05) is 24.3 Å². The average molecular weight is 514 g/mol. The van der Waals surface area contributed by atoms with Crippen LogP contribution in [0.3, 0.4) is 0 Å². The van der Waals surface area contributed by atoms with Crippen molar-refractivity contribution in [2.24, 2.45) is 0 Å². The predicted octanol–water partition coefficient (Wildman–Crippen LogP) is 4.38. The molecule has 2 radical (unpaired) electrons. The molecule has 0 unspecified atom stereocenters. The third kappa shape index (κ3) is 2.49. The van der Waals surface area contributed by atoms with Crippen molar-refractivity contribution in [1.29, 1.82) is 0 Å². The molecule has 0 aliphatic rings. The Bertz CT molecular complexity index is 787. The van der Waals surface area contributed by atoms with Gasteiger partial charge in [0.25, 0.3) is 0 Å². The summed E-state index contributed by atoms with van der Waals surface area (Å²) in [4.78, 5) is 4.30. The van der Waals surface area contributed by atoms with E-state index in [0.717, 1.165) is 21.9 Å². The van der Waals surface area contributed by atoms with Crippen LogP contribution >= 0.6 is 0 Å². The van der Waals surface area contributed by atoms with Crippen molar-refractivity contribution in [1.82, 2.24) is 4.98 Å². The van der Waals surface area contributed by atoms with E-state index in [0.29, 0.717) is 0 Å². The minimum Gasteiger partial charge on any atom is -0.454 e. The van der Waals surface area contributed by atoms with Gasteiger partial charge >= 0.3 is 0 Å². The number of nitrogens with zero attached hydrogens (tertiary/aromatic N) is 1. The third-order valence-corrected chi connectivity index (χ3v) is 3.12. The molecule has 4 rings (SSSR count). The third-order valence-electron chi connectivity index (χ3n) is 3.12. The van der Waals surface area contributed by atoms with Gasteiger partial charge in [-0.05, 0) is 0 Å². The van der Waals surface area contributed by atoms with E-state index >= 15 is 0 Å². The molecule has 0 aliphatic heterocycles. The summed E-state index contributed by atoms with van der Waals surface area (Å²) in [5, 5.41) is 4.48. The first-order chi connectivity index (χ1) is 8.45. The van der Waals surface area contributed by atoms with Crippen LogP contribution in [0.2, 0.25) is 0 Å². The van der Waals surface area contributed by atoms with Gasteiger partial charge in [-0.15, -0.1) is 29.7 Å². The largest absolute Gasteiger partial charge is 0.454 e. The Morgan fingerprint density at radius 1 is 0.950 bits per heavy atom. The molecule has 2 nitrogen and oxygen atoms in total. The maximum atomic E-state index is 5.51. The summed E-state index contributed by atoms with van der Waals surface area (Å²) in [6.07, 6.45) is 1.50. The molecule has 1 aromatic heterocycles. The maximum Gasteiger partial charge on any atom is 0.171 e. The molecule has 0 saturated heterocycles. The number of fused-ring (bicyclic) bond motifs is 6. The zero-order chi connectivity index (χ0) is 11.2. The van der Waals surface area contributed by atoms with E-state index in [2.05, 4.69) is 29.2 Å². The summed E-state index contributed by atoms with van der Waals surface area (Å²) in [5.41, 5.74) is 1.73. The van der Waals surface area contributed by atoms with Crippen LogP contribution in [-0.4, -0.2) is 4.98 Å². The van der Waals surface area contributed by atoms with Crippen molar-refractivity contribution in [3.05, 3.63) is 62.4 Å². The molecule has 3 aromatic carbocycles. The van der Waals surface area contributed by atoms with Gasteiger partial charge in [-0.2, -0.15) is 0 Å². The van der Waals surface area contributed by atoms with Gasteiger partial charge in [-0.3, -0.25) is 4.98 Å². The summed E-state index contributed by atoms with van der Waals surface area (Å²) < 4.78 is 5.51. The first-order valence-corrected chi connectivity index (χ1v) is 5.49. The van der Waals surface area contributed by atoms with Crippen LogP contribution in [0, 0.1) is 13.5 Å². The summed E-state index contributed by atoms with van der Waals surface area (Å²) in [6.45, 7) is 0. The van der Waals surface area contributed by atoms with Crippen LogP contribution in [0.25, 0.3) is 32.6 Å². The molecule has 0 saturated carbocycles. The minimum atomic E-state index is 0. The molecule has 0 amide bonds. The Hall–Kier alpha value is -0.597. The molecule has 0 spiro atoms. The number of hydrogen-bond acceptors (Lipinski definition) is 2. The monoisotopic (exact) mass is 515 g/mol. The van der Waals surface area contributed by atoms with E-state index < -0.39 is 0 Å². The predicted molar refractivity (Wildman–Crippen MR) is 74.3 cm³/mol. The van der Waals surface area contributed by atoms with Crippen LogP contribution in [0.15, 0.2) is 53.3 Å². The quantitative estimate of drug-likeness (QED) is 0.257. The number of aromatic nitrogens is 1. The van der Waals surface area contributed by atoms with E-state index in [-0.39, 0.29) is 60.2 Å². The van der Waals surface area contributed by atoms with E-state index in [1.54, 1.807) is 0 Å². The van der Waals surface area contributed by atoms with Gasteiger partial charge in [0, 0.05) is 63.7 Å². The van der Waals surface area contributed by atoms with Crippen molar-refractivity contribution in [3.63, 3.8) is 0 Å². The fourth-order valence-electron chi connectivity index (χ4n) is 2.39. The Kier molecular flexibility index (Phi) is 6.03. The number of benzene rings is 3. The number of oxazole rings is 1. The van der Waals surface area contributed by atoms with Gasteiger partial charge in [0.15, 0.2) is 6.39 Å². The van der Waals surface area contributed by atoms with Crippen LogP contribution in [0.1, 0.15) is 0 Å². The number of hydrogen-bond donors (Lipinski definition) is 0. The Morgan fingerprint density at radius 2 is 1.65 bits per heavy atom. The first-order valence-electron chi connectivity index (χ1n) is 5.49. The zero-order valence-corrected chi connectivity index (χ0v) is 16.1. The number of rotatable bonds is 0. The molecule has 100 valence electrons. The van der Waals surface area contributed by atoms with Crippen molar-refractivity contribution in [2.75, 3.05) is 0 Å². The molecule has 4 heteroatoms. The van der Waals surface area contributed by atoms with Crippen molar-refractivity contribution >= 4 is 32.6 Å².